The molecule has 1 saturated heterocycles. The van der Waals surface area contributed by atoms with Crippen LogP contribution in [0.2, 0.25) is 0 Å². The molecule has 38 heavy (non-hydrogen) atoms. The molecule has 1 aliphatic rings. The average molecular weight is 526 g/mol. The van der Waals surface area contributed by atoms with Gasteiger partial charge in [0.05, 0.1) is 12.1 Å². The second-order valence-corrected chi connectivity index (χ2v) is 10.00. The number of hydrogen-bond donors (Lipinski definition) is 0. The van der Waals surface area contributed by atoms with Crippen molar-refractivity contribution in [2.45, 2.75) is 45.6 Å². The van der Waals surface area contributed by atoms with Gasteiger partial charge in [0.2, 0.25) is 5.95 Å². The highest BCUT2D eigenvalue weighted by Gasteiger charge is 2.36. The summed E-state index contributed by atoms with van der Waals surface area (Å²) >= 11 is 0. The molecule has 0 spiro atoms. The minimum atomic E-state index is -4.58. The highest BCUT2D eigenvalue weighted by atomic mass is 19.4. The van der Waals surface area contributed by atoms with Gasteiger partial charge in [-0.2, -0.15) is 13.2 Å². The van der Waals surface area contributed by atoms with E-state index in [-0.39, 0.29) is 34.3 Å². The zero-order chi connectivity index (χ0) is 27.4. The summed E-state index contributed by atoms with van der Waals surface area (Å²) in [6, 6.07) is 6.01. The lowest BCUT2D eigenvalue weighted by molar-refractivity contribution is -0.141. The summed E-state index contributed by atoms with van der Waals surface area (Å²) in [6.07, 6.45) is -2.09. The minimum absolute atomic E-state index is 0.0681. The predicted octanol–water partition coefficient (Wildman–Crippen LogP) is 4.17. The number of aromatic nitrogens is 6. The van der Waals surface area contributed by atoms with Crippen LogP contribution in [0, 0.1) is 13.8 Å². The number of ether oxygens (including phenoxy) is 1. The maximum atomic E-state index is 13.2. The number of aryl methyl sites for hydroxylation is 2. The van der Waals surface area contributed by atoms with E-state index in [4.69, 9.17) is 9.72 Å². The van der Waals surface area contributed by atoms with Gasteiger partial charge < -0.3 is 9.64 Å². The molecule has 0 N–H and O–H groups in total. The van der Waals surface area contributed by atoms with E-state index in [0.29, 0.717) is 24.5 Å². The van der Waals surface area contributed by atoms with Crippen LogP contribution in [0.3, 0.4) is 0 Å². The van der Waals surface area contributed by atoms with Crippen molar-refractivity contribution >= 4 is 17.0 Å². The molecule has 5 heterocycles. The van der Waals surface area contributed by atoms with Gasteiger partial charge in [-0.1, -0.05) is 0 Å². The Kier molecular flexibility index (Phi) is 6.17. The molecule has 4 aromatic heterocycles. The number of anilines is 1. The number of alkyl halides is 3. The van der Waals surface area contributed by atoms with E-state index in [1.54, 1.807) is 20.2 Å². The molecule has 5 rings (SSSR count). The van der Waals surface area contributed by atoms with Crippen LogP contribution < -0.4 is 10.5 Å². The topological polar surface area (TPSA) is 98.9 Å². The number of nitrogens with zero attached hydrogens (tertiary/aromatic N) is 7. The molecule has 1 fully saturated rings. The van der Waals surface area contributed by atoms with Crippen molar-refractivity contribution in [2.75, 3.05) is 18.0 Å². The molecule has 0 aliphatic carbocycles. The van der Waals surface area contributed by atoms with Crippen LogP contribution in [-0.2, 0) is 18.0 Å². The maximum Gasteiger partial charge on any atom is 0.433 e. The third kappa shape index (κ3) is 4.83. The van der Waals surface area contributed by atoms with Crippen molar-refractivity contribution in [3.05, 3.63) is 69.8 Å². The number of hydrogen-bond acceptors (Lipinski definition) is 8. The van der Waals surface area contributed by atoms with Gasteiger partial charge in [0.1, 0.15) is 28.8 Å². The lowest BCUT2D eigenvalue weighted by atomic mass is 10.0. The lowest BCUT2D eigenvalue weighted by Crippen LogP contribution is -2.50. The molecular weight excluding hydrogens is 499 g/mol. The number of rotatable bonds is 3. The van der Waals surface area contributed by atoms with Crippen LogP contribution in [0.5, 0.6) is 0 Å². The van der Waals surface area contributed by atoms with Gasteiger partial charge in [-0.15, -0.1) is 0 Å². The van der Waals surface area contributed by atoms with Crippen molar-refractivity contribution in [3.63, 3.8) is 0 Å². The first kappa shape index (κ1) is 25.7. The van der Waals surface area contributed by atoms with Crippen molar-refractivity contribution in [3.8, 4) is 11.3 Å². The highest BCUT2D eigenvalue weighted by Crippen LogP contribution is 2.35. The molecule has 0 aromatic carbocycles. The zero-order valence-electron chi connectivity index (χ0n) is 21.5. The van der Waals surface area contributed by atoms with Crippen molar-refractivity contribution < 1.29 is 17.9 Å². The first-order valence-corrected chi connectivity index (χ1v) is 12.0. The third-order valence-electron chi connectivity index (χ3n) is 6.46. The molecule has 0 saturated carbocycles. The maximum absolute atomic E-state index is 13.2. The van der Waals surface area contributed by atoms with E-state index < -0.39 is 17.5 Å². The van der Waals surface area contributed by atoms with E-state index in [9.17, 15) is 18.0 Å². The molecule has 12 heteroatoms. The van der Waals surface area contributed by atoms with Gasteiger partial charge in [0, 0.05) is 37.2 Å². The van der Waals surface area contributed by atoms with E-state index in [0.717, 1.165) is 23.5 Å². The standard InChI is InChI=1S/C26H26F3N7O2/c1-14-10-16(8-9-30-14)18-12-36(13-25(3,4)38-18)24-33-20(17-6-7-19(31-11-17)26(27,28)29)21-22(34-24)23(37)35(5)15(2)32-21/h6-11,18H,12-13H2,1-5H3/t18-/m0/s1. The number of halogens is 3. The Morgan fingerprint density at radius 2 is 1.82 bits per heavy atom. The Hall–Kier alpha value is -3.93. The second-order valence-electron chi connectivity index (χ2n) is 10.00. The summed E-state index contributed by atoms with van der Waals surface area (Å²) in [4.78, 5) is 36.8. The van der Waals surface area contributed by atoms with Crippen molar-refractivity contribution in [1.82, 2.24) is 29.5 Å². The smallest absolute Gasteiger partial charge is 0.364 e. The van der Waals surface area contributed by atoms with Gasteiger partial charge in [-0.25, -0.2) is 15.0 Å². The molecule has 0 unspecified atom stereocenters. The van der Waals surface area contributed by atoms with Crippen LogP contribution in [0.4, 0.5) is 19.1 Å². The van der Waals surface area contributed by atoms with E-state index in [2.05, 4.69) is 19.9 Å². The number of fused-ring (bicyclic) bond motifs is 1. The highest BCUT2D eigenvalue weighted by molar-refractivity contribution is 5.89. The fraction of sp³-hybridized carbons (Fsp3) is 0.385. The summed E-state index contributed by atoms with van der Waals surface area (Å²) in [5, 5.41) is 0. The van der Waals surface area contributed by atoms with Gasteiger partial charge in [0.15, 0.2) is 5.52 Å². The first-order valence-electron chi connectivity index (χ1n) is 12.0. The van der Waals surface area contributed by atoms with Crippen LogP contribution in [-0.4, -0.2) is 48.2 Å². The summed E-state index contributed by atoms with van der Waals surface area (Å²) < 4.78 is 47.1. The van der Waals surface area contributed by atoms with E-state index >= 15 is 0 Å². The molecule has 198 valence electrons. The summed E-state index contributed by atoms with van der Waals surface area (Å²) in [7, 11) is 1.59. The summed E-state index contributed by atoms with van der Waals surface area (Å²) in [6.45, 7) is 8.27. The monoisotopic (exact) mass is 525 g/mol. The van der Waals surface area contributed by atoms with Gasteiger partial charge >= 0.3 is 6.18 Å². The first-order chi connectivity index (χ1) is 17.8. The molecule has 1 atom stereocenters. The molecule has 4 aromatic rings. The average Bonchev–Trinajstić information content (AvgIpc) is 2.85. The zero-order valence-corrected chi connectivity index (χ0v) is 21.5. The Labute approximate surface area is 216 Å². The SMILES string of the molecule is Cc1cc([C@@H]2CN(c3nc(-c4ccc(C(F)(F)F)nc4)c4nc(C)n(C)c(=O)c4n3)CC(C)(C)O2)ccn1. The molecule has 0 amide bonds. The predicted molar refractivity (Wildman–Crippen MR) is 135 cm³/mol. The third-order valence-corrected chi connectivity index (χ3v) is 6.46. The van der Waals surface area contributed by atoms with Crippen molar-refractivity contribution in [1.29, 1.82) is 0 Å². The quantitative estimate of drug-likeness (QED) is 0.393. The summed E-state index contributed by atoms with van der Waals surface area (Å²) in [5.74, 6) is 0.669. The number of pyridine rings is 2. The normalized spacial score (nSPS) is 17.7. The molecule has 9 nitrogen and oxygen atoms in total. The number of morpholine rings is 1. The van der Waals surface area contributed by atoms with Crippen LogP contribution in [0.1, 0.15) is 42.7 Å². The Morgan fingerprint density at radius 3 is 2.47 bits per heavy atom. The minimum Gasteiger partial charge on any atom is -0.364 e. The summed E-state index contributed by atoms with van der Waals surface area (Å²) in [5.41, 5.74) is 0.583. The van der Waals surface area contributed by atoms with Crippen LogP contribution in [0.15, 0.2) is 41.5 Å². The second kappa shape index (κ2) is 9.12. The van der Waals surface area contributed by atoms with Gasteiger partial charge in [-0.05, 0) is 57.5 Å². The fourth-order valence-corrected chi connectivity index (χ4v) is 4.56. The molecular formula is C26H26F3N7O2. The van der Waals surface area contributed by atoms with Crippen molar-refractivity contribution in [2.24, 2.45) is 7.05 Å². The Morgan fingerprint density at radius 1 is 1.05 bits per heavy atom. The molecule has 1 aliphatic heterocycles. The molecule has 0 bridgehead atoms. The fourth-order valence-electron chi connectivity index (χ4n) is 4.56. The van der Waals surface area contributed by atoms with Gasteiger partial charge in [-0.3, -0.25) is 19.3 Å². The van der Waals surface area contributed by atoms with Crippen LogP contribution in [0.25, 0.3) is 22.3 Å². The Bertz CT molecular complexity index is 1580. The van der Waals surface area contributed by atoms with Crippen LogP contribution >= 0.6 is 0 Å². The molecule has 0 radical (unpaired) electrons. The largest absolute Gasteiger partial charge is 0.433 e. The van der Waals surface area contributed by atoms with E-state index in [1.165, 1.54) is 10.6 Å². The lowest BCUT2D eigenvalue weighted by Gasteiger charge is -2.43. The van der Waals surface area contributed by atoms with E-state index in [1.807, 2.05) is 37.8 Å². The van der Waals surface area contributed by atoms with Gasteiger partial charge in [0.25, 0.3) is 5.56 Å². The Balaban J connectivity index is 1.67.